The predicted molar refractivity (Wildman–Crippen MR) is 61.5 cm³/mol. The smallest absolute Gasteiger partial charge is 0.335 e. The van der Waals surface area contributed by atoms with Crippen LogP contribution in [-0.2, 0) is 4.74 Å². The van der Waals surface area contributed by atoms with Gasteiger partial charge < -0.3 is 15.2 Å². The van der Waals surface area contributed by atoms with Crippen LogP contribution in [0.25, 0.3) is 0 Å². The van der Waals surface area contributed by atoms with E-state index in [4.69, 9.17) is 16.7 Å². The number of rotatable bonds is 7. The number of alkyl halides is 2. The maximum absolute atomic E-state index is 11.7. The van der Waals surface area contributed by atoms with Gasteiger partial charge >= 0.3 is 5.97 Å². The molecule has 0 amide bonds. The lowest BCUT2D eigenvalue weighted by molar-refractivity contribution is 0.0214. The lowest BCUT2D eigenvalue weighted by Crippen LogP contribution is -2.14. The summed E-state index contributed by atoms with van der Waals surface area (Å²) in [4.78, 5) is 14.6. The van der Waals surface area contributed by atoms with Crippen LogP contribution in [0.1, 0.15) is 10.4 Å². The summed E-state index contributed by atoms with van der Waals surface area (Å²) in [5, 5.41) is 11.5. The van der Waals surface area contributed by atoms with Crippen LogP contribution in [-0.4, -0.2) is 42.2 Å². The number of halogens is 3. The first-order valence-corrected chi connectivity index (χ1v) is 5.37. The highest BCUT2D eigenvalue weighted by Gasteiger charge is 2.07. The molecule has 0 bridgehead atoms. The molecule has 1 rings (SSSR count). The molecule has 1 heterocycles. The van der Waals surface area contributed by atoms with E-state index in [0.717, 1.165) is 0 Å². The van der Waals surface area contributed by atoms with E-state index < -0.39 is 19.0 Å². The first-order chi connectivity index (χ1) is 8.49. The van der Waals surface area contributed by atoms with Crippen molar-refractivity contribution in [2.24, 2.45) is 0 Å². The zero-order valence-corrected chi connectivity index (χ0v) is 9.95. The van der Waals surface area contributed by atoms with Crippen LogP contribution in [0.3, 0.4) is 0 Å². The fourth-order valence-corrected chi connectivity index (χ4v) is 1.34. The lowest BCUT2D eigenvalue weighted by Gasteiger charge is -2.07. The van der Waals surface area contributed by atoms with Crippen LogP contribution in [0.2, 0.25) is 5.15 Å². The molecule has 0 aliphatic rings. The van der Waals surface area contributed by atoms with Crippen molar-refractivity contribution in [2.75, 3.05) is 25.1 Å². The van der Waals surface area contributed by atoms with Gasteiger partial charge in [0.15, 0.2) is 0 Å². The van der Waals surface area contributed by atoms with Crippen molar-refractivity contribution >= 4 is 23.4 Å². The quantitative estimate of drug-likeness (QED) is 0.591. The number of ether oxygens (including phenoxy) is 1. The zero-order chi connectivity index (χ0) is 13.5. The lowest BCUT2D eigenvalue weighted by atomic mass is 10.2. The number of nitrogens with zero attached hydrogens (tertiary/aromatic N) is 1. The van der Waals surface area contributed by atoms with E-state index >= 15 is 0 Å². The summed E-state index contributed by atoms with van der Waals surface area (Å²) in [5.74, 6) is -0.878. The Bertz CT molecular complexity index is 418. The third kappa shape index (κ3) is 5.24. The third-order valence-electron chi connectivity index (χ3n) is 1.84. The molecule has 0 saturated heterocycles. The highest BCUT2D eigenvalue weighted by atomic mass is 35.5. The van der Waals surface area contributed by atoms with Gasteiger partial charge in [0.2, 0.25) is 0 Å². The summed E-state index contributed by atoms with van der Waals surface area (Å²) < 4.78 is 28.1. The van der Waals surface area contributed by atoms with Gasteiger partial charge in [0.1, 0.15) is 17.6 Å². The summed E-state index contributed by atoms with van der Waals surface area (Å²) in [6, 6.07) is 2.50. The van der Waals surface area contributed by atoms with E-state index in [2.05, 4.69) is 15.0 Å². The highest BCUT2D eigenvalue weighted by molar-refractivity contribution is 6.29. The van der Waals surface area contributed by atoms with Crippen molar-refractivity contribution < 1.29 is 23.4 Å². The molecular formula is C10H11ClF2N2O3. The van der Waals surface area contributed by atoms with Crippen molar-refractivity contribution in [3.63, 3.8) is 0 Å². The standard InChI is InChI=1S/C10H11ClF2N2O3/c11-7-3-6(10(16)17)4-9(15-7)14-1-2-18-5-8(12)13/h3-4,8H,1-2,5H2,(H,14,15)(H,16,17). The summed E-state index contributed by atoms with van der Waals surface area (Å²) in [6.07, 6.45) is -2.51. The van der Waals surface area contributed by atoms with Gasteiger partial charge in [-0.15, -0.1) is 0 Å². The van der Waals surface area contributed by atoms with Crippen LogP contribution in [0.4, 0.5) is 14.6 Å². The van der Waals surface area contributed by atoms with E-state index in [-0.39, 0.29) is 29.7 Å². The van der Waals surface area contributed by atoms with Crippen molar-refractivity contribution in [2.45, 2.75) is 6.43 Å². The number of carbonyl (C=O) groups is 1. The van der Waals surface area contributed by atoms with E-state index in [1.165, 1.54) is 12.1 Å². The third-order valence-corrected chi connectivity index (χ3v) is 2.03. The number of nitrogens with one attached hydrogen (secondary N) is 1. The van der Waals surface area contributed by atoms with E-state index in [0.29, 0.717) is 0 Å². The molecule has 100 valence electrons. The van der Waals surface area contributed by atoms with Crippen molar-refractivity contribution in [3.8, 4) is 0 Å². The molecule has 0 unspecified atom stereocenters. The molecule has 2 N–H and O–H groups in total. The van der Waals surface area contributed by atoms with Gasteiger partial charge in [-0.3, -0.25) is 0 Å². The molecule has 1 aromatic heterocycles. The van der Waals surface area contributed by atoms with Gasteiger partial charge in [0, 0.05) is 6.54 Å². The minimum absolute atomic E-state index is 0.00833. The Labute approximate surface area is 107 Å². The van der Waals surface area contributed by atoms with Crippen LogP contribution in [0, 0.1) is 0 Å². The number of hydrogen-bond acceptors (Lipinski definition) is 4. The van der Waals surface area contributed by atoms with Crippen LogP contribution >= 0.6 is 11.6 Å². The van der Waals surface area contributed by atoms with Gasteiger partial charge in [-0.05, 0) is 12.1 Å². The second-order valence-electron chi connectivity index (χ2n) is 3.26. The number of aromatic nitrogens is 1. The molecule has 0 radical (unpaired) electrons. The number of hydrogen-bond donors (Lipinski definition) is 2. The Balaban J connectivity index is 2.44. The first kappa shape index (κ1) is 14.6. The largest absolute Gasteiger partial charge is 0.478 e. The Morgan fingerprint density at radius 3 is 2.89 bits per heavy atom. The second-order valence-corrected chi connectivity index (χ2v) is 3.65. The molecule has 0 atom stereocenters. The van der Waals surface area contributed by atoms with Crippen molar-refractivity contribution in [1.82, 2.24) is 4.98 Å². The first-order valence-electron chi connectivity index (χ1n) is 4.99. The monoisotopic (exact) mass is 280 g/mol. The molecule has 0 aliphatic heterocycles. The normalized spacial score (nSPS) is 10.7. The number of carboxylic acids is 1. The maximum Gasteiger partial charge on any atom is 0.335 e. The molecule has 0 aromatic carbocycles. The molecule has 1 aromatic rings. The Kier molecular flexibility index (Phi) is 5.73. The van der Waals surface area contributed by atoms with Crippen molar-refractivity contribution in [3.05, 3.63) is 22.8 Å². The molecule has 0 spiro atoms. The van der Waals surface area contributed by atoms with Gasteiger partial charge in [0.05, 0.1) is 12.2 Å². The van der Waals surface area contributed by atoms with E-state index in [9.17, 15) is 13.6 Å². The van der Waals surface area contributed by atoms with Gasteiger partial charge in [-0.1, -0.05) is 11.6 Å². The minimum atomic E-state index is -2.51. The fourth-order valence-electron chi connectivity index (χ4n) is 1.13. The zero-order valence-electron chi connectivity index (χ0n) is 9.20. The molecule has 0 fully saturated rings. The summed E-state index contributed by atoms with van der Waals surface area (Å²) in [7, 11) is 0. The molecule has 18 heavy (non-hydrogen) atoms. The molecule has 0 aliphatic carbocycles. The van der Waals surface area contributed by atoms with Gasteiger partial charge in [0.25, 0.3) is 6.43 Å². The van der Waals surface area contributed by atoms with Gasteiger partial charge in [-0.25, -0.2) is 18.6 Å². The fraction of sp³-hybridized carbons (Fsp3) is 0.400. The number of aromatic carboxylic acids is 1. The average Bonchev–Trinajstić information content (AvgIpc) is 2.27. The molecule has 8 heteroatoms. The van der Waals surface area contributed by atoms with Gasteiger partial charge in [-0.2, -0.15) is 0 Å². The maximum atomic E-state index is 11.7. The summed E-state index contributed by atoms with van der Waals surface area (Å²) in [5.41, 5.74) is -0.00833. The Morgan fingerprint density at radius 1 is 1.56 bits per heavy atom. The summed E-state index contributed by atoms with van der Waals surface area (Å²) in [6.45, 7) is -0.356. The van der Waals surface area contributed by atoms with E-state index in [1.54, 1.807) is 0 Å². The molecule has 0 saturated carbocycles. The molecular weight excluding hydrogens is 270 g/mol. The highest BCUT2D eigenvalue weighted by Crippen LogP contribution is 2.14. The SMILES string of the molecule is O=C(O)c1cc(Cl)nc(NCCOCC(F)F)c1. The van der Waals surface area contributed by atoms with Crippen LogP contribution in [0.5, 0.6) is 0 Å². The second kappa shape index (κ2) is 7.07. The van der Waals surface area contributed by atoms with Crippen molar-refractivity contribution in [1.29, 1.82) is 0 Å². The number of carboxylic acid groups (broad SMARTS) is 1. The van der Waals surface area contributed by atoms with E-state index in [1.807, 2.05) is 0 Å². The number of pyridine rings is 1. The topological polar surface area (TPSA) is 71.5 Å². The molecule has 5 nitrogen and oxygen atoms in total. The Morgan fingerprint density at radius 2 is 2.28 bits per heavy atom. The minimum Gasteiger partial charge on any atom is -0.478 e. The van der Waals surface area contributed by atoms with Crippen LogP contribution in [0.15, 0.2) is 12.1 Å². The Hall–Kier alpha value is -1.47. The summed E-state index contributed by atoms with van der Waals surface area (Å²) >= 11 is 5.63. The predicted octanol–water partition coefficient (Wildman–Crippen LogP) is 2.13. The average molecular weight is 281 g/mol. The van der Waals surface area contributed by atoms with Crippen LogP contribution < -0.4 is 5.32 Å². The number of anilines is 1.